The van der Waals surface area contributed by atoms with Gasteiger partial charge in [0, 0.05) is 17.7 Å². The zero-order chi connectivity index (χ0) is 26.1. The Morgan fingerprint density at radius 2 is 1.97 bits per heavy atom. The van der Waals surface area contributed by atoms with Crippen molar-refractivity contribution in [2.24, 2.45) is 17.3 Å². The molecule has 0 amide bonds. The van der Waals surface area contributed by atoms with Crippen LogP contribution in [0.15, 0.2) is 11.0 Å². The number of aryl methyl sites for hydroxylation is 1. The second kappa shape index (κ2) is 10.8. The summed E-state index contributed by atoms with van der Waals surface area (Å²) < 4.78 is 12.0. The summed E-state index contributed by atoms with van der Waals surface area (Å²) in [6, 6.07) is 0. The Kier molecular flexibility index (Phi) is 8.62. The number of hydrogen-bond donors (Lipinski definition) is 1. The number of carbonyl (C=O) groups is 2. The average molecular weight is 509 g/mol. The minimum absolute atomic E-state index is 0.0299. The van der Waals surface area contributed by atoms with Crippen LogP contribution in [0.1, 0.15) is 84.3 Å². The molecule has 0 bridgehead atoms. The molecule has 0 saturated carbocycles. The number of nitrogens with zero attached hydrogens (tertiary/aromatic N) is 1. The highest BCUT2D eigenvalue weighted by Crippen LogP contribution is 2.45. The number of cyclic esters (lactones) is 1. The molecule has 0 spiro atoms. The molecule has 0 unspecified atom stereocenters. The minimum Gasteiger partial charge on any atom is -0.457 e. The van der Waals surface area contributed by atoms with E-state index >= 15 is 0 Å². The molecule has 7 atom stereocenters. The lowest BCUT2D eigenvalue weighted by Crippen LogP contribution is -2.45. The summed E-state index contributed by atoms with van der Waals surface area (Å²) in [6.07, 6.45) is 2.49. The highest BCUT2D eigenvalue weighted by molar-refractivity contribution is 7.09. The van der Waals surface area contributed by atoms with E-state index in [0.29, 0.717) is 6.42 Å². The normalized spacial score (nSPS) is 37.5. The van der Waals surface area contributed by atoms with E-state index < -0.39 is 35.6 Å². The molecule has 3 rings (SSSR count). The van der Waals surface area contributed by atoms with Crippen molar-refractivity contribution in [3.05, 3.63) is 21.7 Å². The Morgan fingerprint density at radius 1 is 1.29 bits per heavy atom. The second-order valence-electron chi connectivity index (χ2n) is 11.3. The average Bonchev–Trinajstić information content (AvgIpc) is 3.22. The van der Waals surface area contributed by atoms with Gasteiger partial charge in [-0.3, -0.25) is 9.59 Å². The first kappa shape index (κ1) is 28.0. The van der Waals surface area contributed by atoms with Crippen molar-refractivity contribution in [3.8, 4) is 0 Å². The van der Waals surface area contributed by atoms with E-state index in [1.54, 1.807) is 32.1 Å². The van der Waals surface area contributed by atoms with Crippen molar-refractivity contribution >= 4 is 29.2 Å². The quantitative estimate of drug-likeness (QED) is 0.364. The SMILES string of the molecule is C/C(=C\c1csc(C)n1)[C@@H]1C[C@@H]2O[C@]2(C)CCC[C@H](C)[C@H](O)[C@@H](C)C(=O)C(C)(C)[C@@H]([OH2+])CC(=O)O1. The molecule has 35 heavy (non-hydrogen) atoms. The summed E-state index contributed by atoms with van der Waals surface area (Å²) in [5.74, 6) is -1.36. The molecule has 7 nitrogen and oxygen atoms in total. The van der Waals surface area contributed by atoms with Crippen molar-refractivity contribution in [3.63, 3.8) is 0 Å². The van der Waals surface area contributed by atoms with Crippen molar-refractivity contribution < 1.29 is 29.3 Å². The van der Waals surface area contributed by atoms with Crippen LogP contribution >= 0.6 is 11.3 Å². The molecule has 3 N–H and O–H groups in total. The van der Waals surface area contributed by atoms with Crippen LogP contribution in [0.4, 0.5) is 0 Å². The molecule has 1 aromatic rings. The number of carbonyl (C=O) groups excluding carboxylic acids is 2. The Bertz CT molecular complexity index is 955. The van der Waals surface area contributed by atoms with Crippen molar-refractivity contribution in [1.82, 2.24) is 4.98 Å². The number of aliphatic hydroxyl groups is 1. The number of epoxide rings is 1. The van der Waals surface area contributed by atoms with E-state index in [-0.39, 0.29) is 29.8 Å². The summed E-state index contributed by atoms with van der Waals surface area (Å²) in [4.78, 5) is 30.7. The number of thiazole rings is 1. The Labute approximate surface area is 212 Å². The molecule has 196 valence electrons. The molecular weight excluding hydrogens is 466 g/mol. The number of fused-ring (bicyclic) bond motifs is 1. The van der Waals surface area contributed by atoms with Gasteiger partial charge in [-0.25, -0.2) is 4.98 Å². The van der Waals surface area contributed by atoms with Gasteiger partial charge in [-0.15, -0.1) is 11.3 Å². The van der Waals surface area contributed by atoms with E-state index in [4.69, 9.17) is 14.6 Å². The monoisotopic (exact) mass is 508 g/mol. The van der Waals surface area contributed by atoms with Crippen molar-refractivity contribution in [1.29, 1.82) is 0 Å². The number of Topliss-reactive ketones (excluding diaryl/α,β-unsaturated/α-hetero) is 1. The van der Waals surface area contributed by atoms with E-state index in [1.807, 2.05) is 32.2 Å². The standard InChI is InChI=1S/C27H41NO6S/c1-15-9-8-10-27(7)22(34-27)12-20(16(2)11-19-14-35-18(4)28-19)33-23(30)13-21(29)26(5,6)25(32)17(3)24(15)31/h11,14-15,17,20-22,24,29,31H,8-10,12-13H2,1-7H3/p+1/b16-11+/t15-,17+,20-,21-,22-,24-,27+/m0/s1. The lowest BCUT2D eigenvalue weighted by molar-refractivity contribution is -0.154. The Hall–Kier alpha value is -1.61. The van der Waals surface area contributed by atoms with Crippen LogP contribution < -0.4 is 0 Å². The van der Waals surface area contributed by atoms with E-state index in [1.165, 1.54) is 0 Å². The van der Waals surface area contributed by atoms with E-state index in [0.717, 1.165) is 35.5 Å². The fourth-order valence-electron chi connectivity index (χ4n) is 5.08. The summed E-state index contributed by atoms with van der Waals surface area (Å²) >= 11 is 1.57. The lowest BCUT2D eigenvalue weighted by atomic mass is 9.73. The molecule has 3 heterocycles. The highest BCUT2D eigenvalue weighted by atomic mass is 32.1. The number of aliphatic hydroxyl groups excluding tert-OH is 1. The zero-order valence-corrected chi connectivity index (χ0v) is 22.9. The third kappa shape index (κ3) is 6.59. The zero-order valence-electron chi connectivity index (χ0n) is 22.1. The second-order valence-corrected chi connectivity index (χ2v) is 12.4. The summed E-state index contributed by atoms with van der Waals surface area (Å²) in [5, 5.41) is 22.4. The number of ether oxygens (including phenoxy) is 2. The fourth-order valence-corrected chi connectivity index (χ4v) is 5.65. The number of aromatic nitrogens is 1. The maximum atomic E-state index is 13.3. The molecule has 1 aromatic heterocycles. The van der Waals surface area contributed by atoms with Crippen molar-refractivity contribution in [2.75, 3.05) is 0 Å². The van der Waals surface area contributed by atoms with Gasteiger partial charge in [0.2, 0.25) is 0 Å². The van der Waals surface area contributed by atoms with Gasteiger partial charge in [0.25, 0.3) is 0 Å². The number of hydrogen-bond acceptors (Lipinski definition) is 7. The first-order valence-electron chi connectivity index (χ1n) is 12.7. The smallest absolute Gasteiger partial charge is 0.314 e. The van der Waals surface area contributed by atoms with Crippen LogP contribution in [0, 0.1) is 24.2 Å². The van der Waals surface area contributed by atoms with Gasteiger partial charge in [-0.05, 0) is 65.0 Å². The van der Waals surface area contributed by atoms with Crippen LogP contribution in [-0.4, -0.2) is 57.0 Å². The first-order valence-corrected chi connectivity index (χ1v) is 13.5. The van der Waals surface area contributed by atoms with Gasteiger partial charge in [0.15, 0.2) is 11.9 Å². The predicted molar refractivity (Wildman–Crippen MR) is 137 cm³/mol. The summed E-state index contributed by atoms with van der Waals surface area (Å²) in [6.45, 7) is 13.0. The maximum absolute atomic E-state index is 13.3. The largest absolute Gasteiger partial charge is 0.457 e. The minimum atomic E-state index is -1.09. The molecule has 0 radical (unpaired) electrons. The van der Waals surface area contributed by atoms with Crippen LogP contribution in [0.25, 0.3) is 6.08 Å². The molecule has 0 aliphatic carbocycles. The number of ketones is 1. The first-order chi connectivity index (χ1) is 16.2. The Morgan fingerprint density at radius 3 is 2.60 bits per heavy atom. The predicted octanol–water partition coefficient (Wildman–Crippen LogP) is 4.21. The number of rotatable bonds is 2. The van der Waals surface area contributed by atoms with E-state index in [9.17, 15) is 14.7 Å². The molecule has 8 heteroatoms. The number of esters is 1. The summed E-state index contributed by atoms with van der Waals surface area (Å²) in [5.41, 5.74) is 0.335. The van der Waals surface area contributed by atoms with Crippen LogP contribution in [-0.2, 0) is 19.1 Å². The molecule has 0 aromatic carbocycles. The third-order valence-corrected chi connectivity index (χ3v) is 8.77. The molecule has 2 aliphatic rings. The highest BCUT2D eigenvalue weighted by Gasteiger charge is 2.53. The fraction of sp³-hybridized carbons (Fsp3) is 0.741. The van der Waals surface area contributed by atoms with Gasteiger partial charge in [0.1, 0.15) is 12.5 Å². The third-order valence-electron chi connectivity index (χ3n) is 7.98. The van der Waals surface area contributed by atoms with Crippen molar-refractivity contribution in [2.45, 2.75) is 111 Å². The lowest BCUT2D eigenvalue weighted by Gasteiger charge is -2.32. The van der Waals surface area contributed by atoms with Crippen LogP contribution in [0.3, 0.4) is 0 Å². The van der Waals surface area contributed by atoms with Crippen LogP contribution in [0.5, 0.6) is 0 Å². The Balaban J connectivity index is 1.85. The molecule has 2 saturated heterocycles. The van der Waals surface area contributed by atoms with Gasteiger partial charge in [-0.2, -0.15) is 0 Å². The van der Waals surface area contributed by atoms with Crippen LogP contribution in [0.2, 0.25) is 0 Å². The maximum Gasteiger partial charge on any atom is 0.314 e. The molecular formula is C27H42NO6S+. The topological polar surface area (TPSA) is 112 Å². The van der Waals surface area contributed by atoms with E-state index in [2.05, 4.69) is 11.9 Å². The van der Waals surface area contributed by atoms with Gasteiger partial charge >= 0.3 is 5.97 Å². The summed E-state index contributed by atoms with van der Waals surface area (Å²) in [7, 11) is 0. The van der Waals surface area contributed by atoms with Gasteiger partial charge < -0.3 is 19.7 Å². The van der Waals surface area contributed by atoms with Gasteiger partial charge in [0.05, 0.1) is 33.9 Å². The molecule has 2 fully saturated rings. The van der Waals surface area contributed by atoms with Gasteiger partial charge in [-0.1, -0.05) is 20.3 Å². The molecule has 2 aliphatic heterocycles.